The Kier molecular flexibility index (Phi) is 5.48. The van der Waals surface area contributed by atoms with Crippen LogP contribution in [0.3, 0.4) is 0 Å². The second-order valence-corrected chi connectivity index (χ2v) is 8.33. The third-order valence-corrected chi connectivity index (χ3v) is 6.19. The number of hydrogen-bond acceptors (Lipinski definition) is 2. The largest absolute Gasteiger partial charge is 0.416 e. The van der Waals surface area contributed by atoms with Crippen molar-refractivity contribution < 1.29 is 13.2 Å². The van der Waals surface area contributed by atoms with Gasteiger partial charge in [-0.15, -0.1) is 0 Å². The number of halogens is 3. The van der Waals surface area contributed by atoms with Gasteiger partial charge < -0.3 is 11.1 Å². The molecule has 4 rings (SSSR count). The van der Waals surface area contributed by atoms with Gasteiger partial charge in [0.15, 0.2) is 0 Å². The Bertz CT molecular complexity index is 800. The van der Waals surface area contributed by atoms with Gasteiger partial charge in [-0.25, -0.2) is 0 Å². The maximum Gasteiger partial charge on any atom is 0.416 e. The molecule has 2 saturated carbocycles. The number of nitrogens with one attached hydrogen (secondary N) is 1. The molecule has 0 amide bonds. The van der Waals surface area contributed by atoms with Crippen molar-refractivity contribution in [2.45, 2.75) is 56.3 Å². The number of nitrogens with two attached hydrogens (primary N) is 1. The van der Waals surface area contributed by atoms with Gasteiger partial charge in [0.1, 0.15) is 0 Å². The molecule has 28 heavy (non-hydrogen) atoms. The monoisotopic (exact) mass is 388 g/mol. The van der Waals surface area contributed by atoms with E-state index < -0.39 is 11.7 Å². The molecule has 0 heterocycles. The van der Waals surface area contributed by atoms with E-state index in [1.165, 1.54) is 30.5 Å². The average molecular weight is 388 g/mol. The maximum atomic E-state index is 12.9. The standard InChI is InChI=1S/C23H27F3N2/c24-23(25,26)19-3-1-2-18(13-19)16-5-7-17(8-6-16)21-14-22(21)28-11-10-15-4-9-20(27)12-15/h1-3,5-8,13,15,20-22,28H,4,9-12,14,27H2/t15?,20-,21+,22-/m0/s1. The second kappa shape index (κ2) is 7.88. The van der Waals surface area contributed by atoms with Crippen molar-refractivity contribution in [3.8, 4) is 11.1 Å². The van der Waals surface area contributed by atoms with E-state index in [1.807, 2.05) is 12.1 Å². The van der Waals surface area contributed by atoms with E-state index in [2.05, 4.69) is 17.4 Å². The molecule has 0 radical (unpaired) electrons. The molecule has 2 fully saturated rings. The van der Waals surface area contributed by atoms with Crippen LogP contribution in [0.5, 0.6) is 0 Å². The van der Waals surface area contributed by atoms with Gasteiger partial charge in [0.2, 0.25) is 0 Å². The Balaban J connectivity index is 1.31. The van der Waals surface area contributed by atoms with Crippen molar-refractivity contribution in [1.82, 2.24) is 5.32 Å². The molecule has 5 heteroatoms. The number of benzene rings is 2. The first-order valence-electron chi connectivity index (χ1n) is 10.2. The summed E-state index contributed by atoms with van der Waals surface area (Å²) in [6.45, 7) is 1.04. The first-order chi connectivity index (χ1) is 13.4. The summed E-state index contributed by atoms with van der Waals surface area (Å²) >= 11 is 0. The van der Waals surface area contributed by atoms with Gasteiger partial charge in [-0.1, -0.05) is 36.4 Å². The SMILES string of the molecule is N[C@H]1CCC(CCN[C@H]2C[C@@H]2c2ccc(-c3cccc(C(F)(F)F)c3)cc2)C1. The normalized spacial score (nSPS) is 27.1. The predicted molar refractivity (Wildman–Crippen MR) is 106 cm³/mol. The molecule has 0 spiro atoms. The molecular weight excluding hydrogens is 361 g/mol. The highest BCUT2D eigenvalue weighted by Gasteiger charge is 2.38. The lowest BCUT2D eigenvalue weighted by Gasteiger charge is -2.11. The van der Waals surface area contributed by atoms with Crippen LogP contribution >= 0.6 is 0 Å². The van der Waals surface area contributed by atoms with Gasteiger partial charge in [-0.05, 0) is 73.4 Å². The molecule has 0 aromatic heterocycles. The molecule has 2 aromatic carbocycles. The van der Waals surface area contributed by atoms with E-state index in [4.69, 9.17) is 5.73 Å². The predicted octanol–water partition coefficient (Wildman–Crippen LogP) is 5.34. The fourth-order valence-electron chi connectivity index (χ4n) is 4.44. The van der Waals surface area contributed by atoms with Crippen LogP contribution in [0, 0.1) is 5.92 Å². The zero-order valence-electron chi connectivity index (χ0n) is 15.9. The van der Waals surface area contributed by atoms with Crippen LogP contribution < -0.4 is 11.1 Å². The van der Waals surface area contributed by atoms with Crippen molar-refractivity contribution in [2.75, 3.05) is 6.54 Å². The van der Waals surface area contributed by atoms with Crippen LogP contribution in [-0.2, 0) is 6.18 Å². The molecule has 0 bridgehead atoms. The third kappa shape index (κ3) is 4.58. The summed E-state index contributed by atoms with van der Waals surface area (Å²) in [5, 5.41) is 3.65. The molecule has 2 aliphatic carbocycles. The van der Waals surface area contributed by atoms with Gasteiger partial charge in [-0.2, -0.15) is 13.2 Å². The molecule has 3 N–H and O–H groups in total. The van der Waals surface area contributed by atoms with Crippen molar-refractivity contribution in [1.29, 1.82) is 0 Å². The lowest BCUT2D eigenvalue weighted by atomic mass is 10.0. The lowest BCUT2D eigenvalue weighted by molar-refractivity contribution is -0.137. The summed E-state index contributed by atoms with van der Waals surface area (Å²) in [5.41, 5.74) is 8.04. The molecule has 2 aromatic rings. The summed E-state index contributed by atoms with van der Waals surface area (Å²) in [6.07, 6.45) is 1.60. The average Bonchev–Trinajstić information content (AvgIpc) is 3.33. The Morgan fingerprint density at radius 3 is 2.43 bits per heavy atom. The van der Waals surface area contributed by atoms with E-state index in [9.17, 15) is 13.2 Å². The summed E-state index contributed by atoms with van der Waals surface area (Å²) in [4.78, 5) is 0. The van der Waals surface area contributed by atoms with Crippen molar-refractivity contribution in [3.63, 3.8) is 0 Å². The summed E-state index contributed by atoms with van der Waals surface area (Å²) in [5.74, 6) is 1.29. The summed E-state index contributed by atoms with van der Waals surface area (Å²) in [6, 6.07) is 14.4. The minimum atomic E-state index is -4.31. The van der Waals surface area contributed by atoms with Crippen LogP contribution in [0.25, 0.3) is 11.1 Å². The Hall–Kier alpha value is -1.85. The van der Waals surface area contributed by atoms with Gasteiger partial charge in [0.25, 0.3) is 0 Å². The zero-order chi connectivity index (χ0) is 19.7. The van der Waals surface area contributed by atoms with Crippen LogP contribution in [-0.4, -0.2) is 18.6 Å². The molecule has 2 nitrogen and oxygen atoms in total. The van der Waals surface area contributed by atoms with Crippen LogP contribution in [0.15, 0.2) is 48.5 Å². The van der Waals surface area contributed by atoms with Crippen LogP contribution in [0.4, 0.5) is 13.2 Å². The minimum Gasteiger partial charge on any atom is -0.328 e. The van der Waals surface area contributed by atoms with Gasteiger partial charge in [-0.3, -0.25) is 0 Å². The Morgan fingerprint density at radius 2 is 1.75 bits per heavy atom. The van der Waals surface area contributed by atoms with Gasteiger partial charge in [0.05, 0.1) is 5.56 Å². The number of hydrogen-bond donors (Lipinski definition) is 2. The fourth-order valence-corrected chi connectivity index (χ4v) is 4.44. The number of rotatable bonds is 6. The zero-order valence-corrected chi connectivity index (χ0v) is 15.9. The molecular formula is C23H27F3N2. The smallest absolute Gasteiger partial charge is 0.328 e. The molecule has 4 atom stereocenters. The first-order valence-corrected chi connectivity index (χ1v) is 10.2. The molecule has 0 saturated heterocycles. The van der Waals surface area contributed by atoms with E-state index in [1.54, 1.807) is 6.07 Å². The summed E-state index contributed by atoms with van der Waals surface area (Å²) in [7, 11) is 0. The van der Waals surface area contributed by atoms with Crippen LogP contribution in [0.2, 0.25) is 0 Å². The highest BCUT2D eigenvalue weighted by molar-refractivity contribution is 5.65. The highest BCUT2D eigenvalue weighted by Crippen LogP contribution is 2.41. The fraction of sp³-hybridized carbons (Fsp3) is 0.478. The topological polar surface area (TPSA) is 38.0 Å². The lowest BCUT2D eigenvalue weighted by Crippen LogP contribution is -2.21. The van der Waals surface area contributed by atoms with E-state index in [-0.39, 0.29) is 0 Å². The summed E-state index contributed by atoms with van der Waals surface area (Å²) < 4.78 is 38.7. The molecule has 2 aliphatic rings. The van der Waals surface area contributed by atoms with Gasteiger partial charge in [0, 0.05) is 18.0 Å². The molecule has 0 aliphatic heterocycles. The minimum absolute atomic E-state index is 0.397. The van der Waals surface area contributed by atoms with Crippen molar-refractivity contribution in [3.05, 3.63) is 59.7 Å². The van der Waals surface area contributed by atoms with E-state index in [0.29, 0.717) is 23.6 Å². The Labute approximate surface area is 164 Å². The van der Waals surface area contributed by atoms with Crippen molar-refractivity contribution >= 4 is 0 Å². The quantitative estimate of drug-likeness (QED) is 0.701. The maximum absolute atomic E-state index is 12.9. The van der Waals surface area contributed by atoms with Gasteiger partial charge >= 0.3 is 6.18 Å². The van der Waals surface area contributed by atoms with Crippen molar-refractivity contribution in [2.24, 2.45) is 11.7 Å². The number of alkyl halides is 3. The third-order valence-electron chi connectivity index (χ3n) is 6.19. The van der Waals surface area contributed by atoms with E-state index in [0.717, 1.165) is 43.4 Å². The van der Waals surface area contributed by atoms with E-state index >= 15 is 0 Å². The highest BCUT2D eigenvalue weighted by atomic mass is 19.4. The molecule has 1 unspecified atom stereocenters. The van der Waals surface area contributed by atoms with Crippen LogP contribution in [0.1, 0.15) is 49.1 Å². The first kappa shape index (κ1) is 19.5. The Morgan fingerprint density at radius 1 is 0.964 bits per heavy atom. The molecule has 150 valence electrons. The second-order valence-electron chi connectivity index (χ2n) is 8.33.